The van der Waals surface area contributed by atoms with Gasteiger partial charge in [0.1, 0.15) is 0 Å². The molecule has 0 saturated carbocycles. The predicted octanol–water partition coefficient (Wildman–Crippen LogP) is 1.51. The van der Waals surface area contributed by atoms with Crippen molar-refractivity contribution in [3.63, 3.8) is 0 Å². The van der Waals surface area contributed by atoms with Crippen molar-refractivity contribution in [2.24, 2.45) is 5.92 Å². The smallest absolute Gasteiger partial charge is 0.308 e. The van der Waals surface area contributed by atoms with E-state index >= 15 is 0 Å². The fourth-order valence-electron chi connectivity index (χ4n) is 2.40. The Morgan fingerprint density at radius 3 is 2.67 bits per heavy atom. The second-order valence-corrected chi connectivity index (χ2v) is 4.74. The highest BCUT2D eigenvalue weighted by Gasteiger charge is 2.25. The van der Waals surface area contributed by atoms with Crippen LogP contribution in [0.1, 0.15) is 18.4 Å². The van der Waals surface area contributed by atoms with Gasteiger partial charge in [0.25, 0.3) is 0 Å². The first kappa shape index (κ1) is 13.0. The molecule has 1 aromatic rings. The van der Waals surface area contributed by atoms with Gasteiger partial charge in [0.15, 0.2) is 0 Å². The summed E-state index contributed by atoms with van der Waals surface area (Å²) in [5.41, 5.74) is 1.32. The number of methoxy groups -OCH3 is 1. The zero-order valence-electron chi connectivity index (χ0n) is 10.8. The average molecular weight is 248 g/mol. The van der Waals surface area contributed by atoms with Gasteiger partial charge >= 0.3 is 5.97 Å². The van der Waals surface area contributed by atoms with Gasteiger partial charge in [0, 0.05) is 18.9 Å². The van der Waals surface area contributed by atoms with E-state index in [2.05, 4.69) is 22.0 Å². The van der Waals surface area contributed by atoms with Crippen LogP contribution in [-0.2, 0) is 16.0 Å². The van der Waals surface area contributed by atoms with Crippen molar-refractivity contribution in [1.82, 2.24) is 9.88 Å². The molecular weight excluding hydrogens is 228 g/mol. The summed E-state index contributed by atoms with van der Waals surface area (Å²) in [6.07, 6.45) is 6.55. The van der Waals surface area contributed by atoms with E-state index < -0.39 is 0 Å². The maximum absolute atomic E-state index is 11.4. The molecule has 2 heterocycles. The molecular formula is C14H20N2O2. The van der Waals surface area contributed by atoms with Crippen LogP contribution in [0.4, 0.5) is 0 Å². The van der Waals surface area contributed by atoms with Gasteiger partial charge in [-0.1, -0.05) is 0 Å². The number of carbonyl (C=O) groups excluding carboxylic acids is 1. The van der Waals surface area contributed by atoms with E-state index in [9.17, 15) is 4.79 Å². The fraction of sp³-hybridized carbons (Fsp3) is 0.571. The number of hydrogen-bond donors (Lipinski definition) is 0. The lowest BCUT2D eigenvalue weighted by Crippen LogP contribution is -2.37. The first-order chi connectivity index (χ1) is 8.79. The van der Waals surface area contributed by atoms with Crippen molar-refractivity contribution in [3.05, 3.63) is 30.1 Å². The van der Waals surface area contributed by atoms with Crippen LogP contribution in [0.25, 0.3) is 0 Å². The molecule has 0 amide bonds. The molecule has 0 spiro atoms. The lowest BCUT2D eigenvalue weighted by Gasteiger charge is -2.30. The molecule has 0 bridgehead atoms. The summed E-state index contributed by atoms with van der Waals surface area (Å²) in [6, 6.07) is 4.11. The third-order valence-corrected chi connectivity index (χ3v) is 3.59. The SMILES string of the molecule is COC(=O)C1CCN(CCc2ccncc2)CC1. The molecule has 2 rings (SSSR count). The minimum Gasteiger partial charge on any atom is -0.469 e. The quantitative estimate of drug-likeness (QED) is 0.757. The van der Waals surface area contributed by atoms with E-state index in [4.69, 9.17) is 4.74 Å². The van der Waals surface area contributed by atoms with Gasteiger partial charge in [0.05, 0.1) is 13.0 Å². The molecule has 1 fully saturated rings. The molecule has 0 atom stereocenters. The normalized spacial score (nSPS) is 17.6. The van der Waals surface area contributed by atoms with E-state index in [1.54, 1.807) is 0 Å². The standard InChI is InChI=1S/C14H20N2O2/c1-18-14(17)13-5-10-16(11-6-13)9-4-12-2-7-15-8-3-12/h2-3,7-8,13H,4-6,9-11H2,1H3. The first-order valence-electron chi connectivity index (χ1n) is 6.48. The third-order valence-electron chi connectivity index (χ3n) is 3.59. The fourth-order valence-corrected chi connectivity index (χ4v) is 2.40. The topological polar surface area (TPSA) is 42.4 Å². The largest absolute Gasteiger partial charge is 0.469 e. The highest BCUT2D eigenvalue weighted by Crippen LogP contribution is 2.18. The van der Waals surface area contributed by atoms with Gasteiger partial charge in [-0.2, -0.15) is 0 Å². The number of piperidine rings is 1. The number of rotatable bonds is 4. The number of esters is 1. The molecule has 0 aromatic carbocycles. The first-order valence-corrected chi connectivity index (χ1v) is 6.48. The zero-order valence-corrected chi connectivity index (χ0v) is 10.8. The maximum atomic E-state index is 11.4. The van der Waals surface area contributed by atoms with Crippen LogP contribution in [0.3, 0.4) is 0 Å². The lowest BCUT2D eigenvalue weighted by molar-refractivity contribution is -0.147. The van der Waals surface area contributed by atoms with Gasteiger partial charge in [-0.25, -0.2) is 0 Å². The molecule has 4 heteroatoms. The molecule has 0 radical (unpaired) electrons. The van der Waals surface area contributed by atoms with Crippen molar-refractivity contribution < 1.29 is 9.53 Å². The molecule has 0 N–H and O–H groups in total. The van der Waals surface area contributed by atoms with Crippen LogP contribution in [0.15, 0.2) is 24.5 Å². The Kier molecular flexibility index (Phi) is 4.70. The number of pyridine rings is 1. The molecule has 1 saturated heterocycles. The van der Waals surface area contributed by atoms with Gasteiger partial charge in [0.2, 0.25) is 0 Å². The van der Waals surface area contributed by atoms with Crippen molar-refractivity contribution in [3.8, 4) is 0 Å². The van der Waals surface area contributed by atoms with Crippen LogP contribution in [0.5, 0.6) is 0 Å². The Labute approximate surface area is 108 Å². The Balaban J connectivity index is 1.72. The predicted molar refractivity (Wildman–Crippen MR) is 69.1 cm³/mol. The summed E-state index contributed by atoms with van der Waals surface area (Å²) in [7, 11) is 1.47. The Morgan fingerprint density at radius 2 is 2.06 bits per heavy atom. The van der Waals surface area contributed by atoms with E-state index in [1.165, 1.54) is 12.7 Å². The van der Waals surface area contributed by atoms with Gasteiger partial charge in [-0.05, 0) is 50.0 Å². The van der Waals surface area contributed by atoms with Crippen molar-refractivity contribution in [1.29, 1.82) is 0 Å². The molecule has 0 aliphatic carbocycles. The molecule has 0 unspecified atom stereocenters. The maximum Gasteiger partial charge on any atom is 0.308 e. The number of hydrogen-bond acceptors (Lipinski definition) is 4. The lowest BCUT2D eigenvalue weighted by atomic mass is 9.97. The summed E-state index contributed by atoms with van der Waals surface area (Å²) in [4.78, 5) is 17.8. The zero-order chi connectivity index (χ0) is 12.8. The molecule has 18 heavy (non-hydrogen) atoms. The van der Waals surface area contributed by atoms with Crippen LogP contribution in [0, 0.1) is 5.92 Å². The van der Waals surface area contributed by atoms with Gasteiger partial charge < -0.3 is 9.64 Å². The van der Waals surface area contributed by atoms with Crippen molar-refractivity contribution >= 4 is 5.97 Å². The minimum atomic E-state index is -0.0521. The van der Waals surface area contributed by atoms with Crippen LogP contribution in [-0.4, -0.2) is 42.6 Å². The molecule has 1 aliphatic rings. The summed E-state index contributed by atoms with van der Waals surface area (Å²) >= 11 is 0. The second-order valence-electron chi connectivity index (χ2n) is 4.74. The summed E-state index contributed by atoms with van der Waals surface area (Å²) in [5.74, 6) is 0.0518. The van der Waals surface area contributed by atoms with Crippen LogP contribution in [0.2, 0.25) is 0 Å². The highest BCUT2D eigenvalue weighted by atomic mass is 16.5. The molecule has 4 nitrogen and oxygen atoms in total. The molecule has 98 valence electrons. The number of carbonyl (C=O) groups is 1. The molecule has 1 aromatic heterocycles. The van der Waals surface area contributed by atoms with Crippen molar-refractivity contribution in [2.45, 2.75) is 19.3 Å². The number of likely N-dealkylation sites (tertiary alicyclic amines) is 1. The number of ether oxygens (including phenoxy) is 1. The van der Waals surface area contributed by atoms with E-state index in [0.717, 1.165) is 38.9 Å². The van der Waals surface area contributed by atoms with E-state index in [0.29, 0.717) is 0 Å². The summed E-state index contributed by atoms with van der Waals surface area (Å²) < 4.78 is 4.79. The second kappa shape index (κ2) is 6.50. The van der Waals surface area contributed by atoms with Gasteiger partial charge in [-0.15, -0.1) is 0 Å². The van der Waals surface area contributed by atoms with E-state index in [-0.39, 0.29) is 11.9 Å². The Bertz CT molecular complexity index is 373. The number of aromatic nitrogens is 1. The highest BCUT2D eigenvalue weighted by molar-refractivity contribution is 5.72. The monoisotopic (exact) mass is 248 g/mol. The van der Waals surface area contributed by atoms with Crippen molar-refractivity contribution in [2.75, 3.05) is 26.7 Å². The summed E-state index contributed by atoms with van der Waals surface area (Å²) in [6.45, 7) is 3.04. The molecule has 1 aliphatic heterocycles. The van der Waals surface area contributed by atoms with Gasteiger partial charge in [-0.3, -0.25) is 9.78 Å². The van der Waals surface area contributed by atoms with Crippen LogP contribution >= 0.6 is 0 Å². The third kappa shape index (κ3) is 3.53. The van der Waals surface area contributed by atoms with Crippen LogP contribution < -0.4 is 0 Å². The number of nitrogens with zero attached hydrogens (tertiary/aromatic N) is 2. The Morgan fingerprint density at radius 1 is 1.39 bits per heavy atom. The average Bonchev–Trinajstić information content (AvgIpc) is 2.46. The minimum absolute atomic E-state index is 0.0521. The van der Waals surface area contributed by atoms with E-state index in [1.807, 2.05) is 12.4 Å². The Hall–Kier alpha value is -1.42. The summed E-state index contributed by atoms with van der Waals surface area (Å²) in [5, 5.41) is 0.